The van der Waals surface area contributed by atoms with E-state index in [-0.39, 0.29) is 5.41 Å². The molecule has 180 valence electrons. The molecule has 0 fully saturated rings. The van der Waals surface area contributed by atoms with Crippen molar-refractivity contribution >= 4 is 11.4 Å². The van der Waals surface area contributed by atoms with Crippen LogP contribution in [0.25, 0.3) is 0 Å². The predicted molar refractivity (Wildman–Crippen MR) is 145 cm³/mol. The van der Waals surface area contributed by atoms with Crippen molar-refractivity contribution in [3.63, 3.8) is 0 Å². The summed E-state index contributed by atoms with van der Waals surface area (Å²) in [5.74, 6) is 3.22. The topological polar surface area (TPSA) is 70.5 Å². The zero-order chi connectivity index (χ0) is 24.7. The average molecular weight is 467 g/mol. The van der Waals surface area contributed by atoms with Gasteiger partial charge in [0.1, 0.15) is 23.0 Å². The molecule has 0 aliphatic heterocycles. The van der Waals surface area contributed by atoms with Crippen LogP contribution in [0.3, 0.4) is 0 Å². The summed E-state index contributed by atoms with van der Waals surface area (Å²) in [7, 11) is 0. The molecule has 0 heterocycles. The molecule has 0 amide bonds. The van der Waals surface area contributed by atoms with Crippen LogP contribution in [0.2, 0.25) is 0 Å². The molecule has 35 heavy (non-hydrogen) atoms. The van der Waals surface area contributed by atoms with Crippen LogP contribution in [0.1, 0.15) is 50.7 Å². The second-order valence-electron chi connectivity index (χ2n) is 8.92. The highest BCUT2D eigenvalue weighted by Gasteiger charge is 2.37. The summed E-state index contributed by atoms with van der Waals surface area (Å²) in [5.41, 5.74) is 15.2. The molecule has 4 heteroatoms. The fourth-order valence-electron chi connectivity index (χ4n) is 4.89. The van der Waals surface area contributed by atoms with Crippen molar-refractivity contribution in [2.45, 2.75) is 44.9 Å². The van der Waals surface area contributed by atoms with E-state index in [4.69, 9.17) is 20.9 Å². The summed E-state index contributed by atoms with van der Waals surface area (Å²) >= 11 is 0. The summed E-state index contributed by atoms with van der Waals surface area (Å²) < 4.78 is 12.9. The Morgan fingerprint density at radius 1 is 0.543 bits per heavy atom. The molecule has 0 saturated heterocycles. The van der Waals surface area contributed by atoms with Crippen molar-refractivity contribution < 1.29 is 9.47 Å². The molecule has 0 aliphatic rings. The molecule has 0 unspecified atom stereocenters. The van der Waals surface area contributed by atoms with Crippen molar-refractivity contribution in [3.05, 3.63) is 108 Å². The Kier molecular flexibility index (Phi) is 7.61. The van der Waals surface area contributed by atoms with Crippen LogP contribution in [0.15, 0.2) is 97.1 Å². The number of benzene rings is 4. The van der Waals surface area contributed by atoms with Crippen LogP contribution in [-0.4, -0.2) is 0 Å². The zero-order valence-electron chi connectivity index (χ0n) is 20.5. The molecular formula is C31H34N2O2. The number of nitrogens with two attached hydrogens (primary N) is 2. The molecule has 0 saturated carbocycles. The first-order chi connectivity index (χ1) is 17.1. The van der Waals surface area contributed by atoms with Gasteiger partial charge in [-0.2, -0.15) is 0 Å². The molecule has 0 atom stereocenters. The second-order valence-corrected chi connectivity index (χ2v) is 8.92. The zero-order valence-corrected chi connectivity index (χ0v) is 20.5. The lowest BCUT2D eigenvalue weighted by Crippen LogP contribution is -2.29. The van der Waals surface area contributed by atoms with E-state index in [1.165, 1.54) is 0 Å². The van der Waals surface area contributed by atoms with E-state index in [2.05, 4.69) is 50.2 Å². The van der Waals surface area contributed by atoms with E-state index in [9.17, 15) is 0 Å². The largest absolute Gasteiger partial charge is 0.457 e. The summed E-state index contributed by atoms with van der Waals surface area (Å²) in [6.45, 7) is 4.47. The summed E-state index contributed by atoms with van der Waals surface area (Å²) in [6, 6.07) is 31.8. The Hall–Kier alpha value is -3.92. The van der Waals surface area contributed by atoms with Gasteiger partial charge >= 0.3 is 0 Å². The molecule has 0 radical (unpaired) electrons. The average Bonchev–Trinajstić information content (AvgIpc) is 2.87. The van der Waals surface area contributed by atoms with Crippen molar-refractivity contribution in [2.24, 2.45) is 0 Å². The van der Waals surface area contributed by atoms with Gasteiger partial charge in [-0.05, 0) is 73.5 Å². The maximum Gasteiger partial charge on any atom is 0.131 e. The Morgan fingerprint density at radius 3 is 1.29 bits per heavy atom. The Labute approximate surface area is 208 Å². The van der Waals surface area contributed by atoms with E-state index in [0.29, 0.717) is 11.4 Å². The van der Waals surface area contributed by atoms with Gasteiger partial charge in [0.05, 0.1) is 0 Å². The number of hydrogen-bond acceptors (Lipinski definition) is 4. The van der Waals surface area contributed by atoms with E-state index in [1.54, 1.807) is 0 Å². The van der Waals surface area contributed by atoms with Crippen LogP contribution in [0.5, 0.6) is 23.0 Å². The van der Waals surface area contributed by atoms with Gasteiger partial charge in [0.15, 0.2) is 0 Å². The third-order valence-electron chi connectivity index (χ3n) is 6.37. The molecule has 4 nitrogen and oxygen atoms in total. The lowest BCUT2D eigenvalue weighted by molar-refractivity contribution is 0.380. The van der Waals surface area contributed by atoms with Crippen LogP contribution < -0.4 is 20.9 Å². The fourth-order valence-corrected chi connectivity index (χ4v) is 4.89. The molecule has 0 spiro atoms. The highest BCUT2D eigenvalue weighted by molar-refractivity contribution is 5.54. The van der Waals surface area contributed by atoms with Crippen LogP contribution in [0.4, 0.5) is 11.4 Å². The Bertz CT molecular complexity index is 1130. The normalized spacial score (nSPS) is 11.3. The molecule has 4 rings (SSSR count). The number of rotatable bonds is 10. The summed E-state index contributed by atoms with van der Waals surface area (Å²) in [6.07, 6.45) is 3.97. The molecular weight excluding hydrogens is 432 g/mol. The van der Waals surface area contributed by atoms with Gasteiger partial charge in [0.25, 0.3) is 0 Å². The van der Waals surface area contributed by atoms with Crippen molar-refractivity contribution in [1.29, 1.82) is 0 Å². The fraction of sp³-hybridized carbons (Fsp3) is 0.226. The van der Waals surface area contributed by atoms with Gasteiger partial charge in [-0.1, -0.05) is 63.1 Å². The quantitative estimate of drug-likeness (QED) is 0.230. The highest BCUT2D eigenvalue weighted by atomic mass is 16.5. The predicted octanol–water partition coefficient (Wildman–Crippen LogP) is 8.32. The first-order valence-corrected chi connectivity index (χ1v) is 12.3. The van der Waals surface area contributed by atoms with Gasteiger partial charge in [-0.3, -0.25) is 0 Å². The maximum atomic E-state index is 6.45. The monoisotopic (exact) mass is 466 g/mol. The van der Waals surface area contributed by atoms with Gasteiger partial charge in [-0.15, -0.1) is 0 Å². The third-order valence-corrected chi connectivity index (χ3v) is 6.37. The van der Waals surface area contributed by atoms with E-state index >= 15 is 0 Å². The SMILES string of the molecule is CCCC(CCC)(c1ccccc1Oc1ccc(N)cc1)c1ccccc1Oc1ccc(N)cc1. The number of nitrogen functional groups attached to an aromatic ring is 2. The standard InChI is InChI=1S/C31H34N2O2/c1-3-21-31(22-4-2,27-9-5-7-11-29(27)34-25-17-13-23(32)14-18-25)28-10-6-8-12-30(28)35-26-19-15-24(33)16-20-26/h5-20H,3-4,21-22,32-33H2,1-2H3. The molecule has 4 aromatic rings. The second kappa shape index (κ2) is 11.0. The maximum absolute atomic E-state index is 6.45. The number of anilines is 2. The van der Waals surface area contributed by atoms with E-state index in [0.717, 1.165) is 59.8 Å². The van der Waals surface area contributed by atoms with Crippen LogP contribution in [0, 0.1) is 0 Å². The summed E-state index contributed by atoms with van der Waals surface area (Å²) in [5, 5.41) is 0. The first-order valence-electron chi connectivity index (χ1n) is 12.3. The minimum Gasteiger partial charge on any atom is -0.457 e. The molecule has 4 aromatic carbocycles. The van der Waals surface area contributed by atoms with Gasteiger partial charge in [0, 0.05) is 27.9 Å². The summed E-state index contributed by atoms with van der Waals surface area (Å²) in [4.78, 5) is 0. The van der Waals surface area contributed by atoms with E-state index in [1.807, 2.05) is 60.7 Å². The van der Waals surface area contributed by atoms with Crippen molar-refractivity contribution in [2.75, 3.05) is 11.5 Å². The lowest BCUT2D eigenvalue weighted by atomic mass is 9.68. The third kappa shape index (κ3) is 5.43. The highest BCUT2D eigenvalue weighted by Crippen LogP contribution is 2.49. The molecule has 0 aromatic heterocycles. The minimum atomic E-state index is -0.279. The molecule has 4 N–H and O–H groups in total. The van der Waals surface area contributed by atoms with Crippen LogP contribution >= 0.6 is 0 Å². The minimum absolute atomic E-state index is 0.279. The van der Waals surface area contributed by atoms with Gasteiger partial charge in [0.2, 0.25) is 0 Å². The van der Waals surface area contributed by atoms with Crippen molar-refractivity contribution in [3.8, 4) is 23.0 Å². The molecule has 0 bridgehead atoms. The number of hydrogen-bond donors (Lipinski definition) is 2. The number of para-hydroxylation sites is 2. The van der Waals surface area contributed by atoms with Gasteiger partial charge in [-0.25, -0.2) is 0 Å². The Balaban J connectivity index is 1.84. The lowest BCUT2D eigenvalue weighted by Gasteiger charge is -2.37. The van der Waals surface area contributed by atoms with Crippen LogP contribution in [-0.2, 0) is 5.41 Å². The molecule has 0 aliphatic carbocycles. The smallest absolute Gasteiger partial charge is 0.131 e. The number of ether oxygens (including phenoxy) is 2. The Morgan fingerprint density at radius 2 is 0.914 bits per heavy atom. The first kappa shape index (κ1) is 24.2. The van der Waals surface area contributed by atoms with E-state index < -0.39 is 0 Å². The van der Waals surface area contributed by atoms with Gasteiger partial charge < -0.3 is 20.9 Å². The van der Waals surface area contributed by atoms with Crippen molar-refractivity contribution in [1.82, 2.24) is 0 Å².